The van der Waals surface area contributed by atoms with Gasteiger partial charge in [0.05, 0.1) is 6.04 Å². The monoisotopic (exact) mass is 215 g/mol. The molecule has 0 saturated carbocycles. The molecule has 0 aliphatic rings. The Morgan fingerprint density at radius 2 is 2.00 bits per heavy atom. The van der Waals surface area contributed by atoms with Crippen molar-refractivity contribution in [3.05, 3.63) is 0 Å². The smallest absolute Gasteiger partial charge is 0.236 e. The van der Waals surface area contributed by atoms with Crippen molar-refractivity contribution in [1.82, 2.24) is 15.5 Å². The lowest BCUT2D eigenvalue weighted by molar-refractivity contribution is -0.122. The molecule has 2 N–H and O–H groups in total. The van der Waals surface area contributed by atoms with Crippen LogP contribution in [-0.2, 0) is 4.79 Å². The van der Waals surface area contributed by atoms with Gasteiger partial charge in [0.1, 0.15) is 0 Å². The SMILES string of the molecule is CCCN(CC)CCNC(=O)C(C)NC. The van der Waals surface area contributed by atoms with Crippen LogP contribution in [0.3, 0.4) is 0 Å². The van der Waals surface area contributed by atoms with E-state index in [9.17, 15) is 4.79 Å². The molecule has 1 amide bonds. The van der Waals surface area contributed by atoms with Crippen LogP contribution in [0.1, 0.15) is 27.2 Å². The molecule has 15 heavy (non-hydrogen) atoms. The summed E-state index contributed by atoms with van der Waals surface area (Å²) in [5.41, 5.74) is 0. The minimum Gasteiger partial charge on any atom is -0.353 e. The number of hydrogen-bond acceptors (Lipinski definition) is 3. The number of nitrogens with one attached hydrogen (secondary N) is 2. The first-order valence-corrected chi connectivity index (χ1v) is 5.83. The lowest BCUT2D eigenvalue weighted by atomic mass is 10.3. The fourth-order valence-electron chi connectivity index (χ4n) is 1.37. The van der Waals surface area contributed by atoms with E-state index in [0.29, 0.717) is 0 Å². The quantitative estimate of drug-likeness (QED) is 0.617. The van der Waals surface area contributed by atoms with E-state index in [0.717, 1.165) is 32.6 Å². The molecule has 0 rings (SSSR count). The molecule has 0 radical (unpaired) electrons. The number of amides is 1. The van der Waals surface area contributed by atoms with Crippen molar-refractivity contribution in [1.29, 1.82) is 0 Å². The van der Waals surface area contributed by atoms with Crippen molar-refractivity contribution < 1.29 is 4.79 Å². The molecule has 0 spiro atoms. The van der Waals surface area contributed by atoms with Gasteiger partial charge in [-0.1, -0.05) is 13.8 Å². The molecule has 0 aliphatic heterocycles. The summed E-state index contributed by atoms with van der Waals surface area (Å²) in [6, 6.07) is -0.105. The van der Waals surface area contributed by atoms with E-state index < -0.39 is 0 Å². The van der Waals surface area contributed by atoms with E-state index in [1.165, 1.54) is 0 Å². The van der Waals surface area contributed by atoms with Crippen LogP contribution in [0.25, 0.3) is 0 Å². The first-order chi connectivity index (χ1) is 7.15. The molecule has 0 aromatic rings. The third-order valence-corrected chi connectivity index (χ3v) is 2.54. The third-order valence-electron chi connectivity index (χ3n) is 2.54. The van der Waals surface area contributed by atoms with Gasteiger partial charge >= 0.3 is 0 Å². The normalized spacial score (nSPS) is 12.9. The number of likely N-dealkylation sites (N-methyl/N-ethyl adjacent to an activating group) is 2. The van der Waals surface area contributed by atoms with Gasteiger partial charge in [0.2, 0.25) is 5.91 Å². The maximum absolute atomic E-state index is 11.4. The Balaban J connectivity index is 3.63. The van der Waals surface area contributed by atoms with Crippen LogP contribution in [0.5, 0.6) is 0 Å². The molecule has 0 aromatic heterocycles. The van der Waals surface area contributed by atoms with Gasteiger partial charge in [0.15, 0.2) is 0 Å². The summed E-state index contributed by atoms with van der Waals surface area (Å²) in [4.78, 5) is 13.7. The summed E-state index contributed by atoms with van der Waals surface area (Å²) in [6.07, 6.45) is 1.16. The topological polar surface area (TPSA) is 44.4 Å². The molecule has 0 aliphatic carbocycles. The van der Waals surface area contributed by atoms with Gasteiger partial charge in [0.25, 0.3) is 0 Å². The van der Waals surface area contributed by atoms with E-state index in [2.05, 4.69) is 29.4 Å². The van der Waals surface area contributed by atoms with E-state index >= 15 is 0 Å². The van der Waals surface area contributed by atoms with Gasteiger partial charge in [-0.25, -0.2) is 0 Å². The molecule has 4 nitrogen and oxygen atoms in total. The van der Waals surface area contributed by atoms with E-state index in [1.807, 2.05) is 6.92 Å². The van der Waals surface area contributed by atoms with Gasteiger partial charge in [-0.3, -0.25) is 4.79 Å². The largest absolute Gasteiger partial charge is 0.353 e. The van der Waals surface area contributed by atoms with Crippen molar-refractivity contribution in [2.75, 3.05) is 33.2 Å². The van der Waals surface area contributed by atoms with Gasteiger partial charge in [-0.15, -0.1) is 0 Å². The minimum absolute atomic E-state index is 0.0741. The number of carbonyl (C=O) groups excluding carboxylic acids is 1. The van der Waals surface area contributed by atoms with Crippen LogP contribution in [0.2, 0.25) is 0 Å². The van der Waals surface area contributed by atoms with Crippen molar-refractivity contribution in [3.8, 4) is 0 Å². The molecule has 90 valence electrons. The zero-order valence-corrected chi connectivity index (χ0v) is 10.5. The Kier molecular flexibility index (Phi) is 8.33. The maximum atomic E-state index is 11.4. The Morgan fingerprint density at radius 3 is 2.47 bits per heavy atom. The van der Waals surface area contributed by atoms with Crippen LogP contribution in [0.4, 0.5) is 0 Å². The standard InChI is InChI=1S/C11H25N3O/c1-5-8-14(6-2)9-7-13-11(15)10(3)12-4/h10,12H,5-9H2,1-4H3,(H,13,15). The van der Waals surface area contributed by atoms with Crippen LogP contribution in [0.15, 0.2) is 0 Å². The Bertz CT molecular complexity index is 173. The van der Waals surface area contributed by atoms with Crippen LogP contribution in [-0.4, -0.2) is 50.1 Å². The number of rotatable bonds is 8. The summed E-state index contributed by atoms with van der Waals surface area (Å²) in [6.45, 7) is 10.0. The molecule has 0 fully saturated rings. The van der Waals surface area contributed by atoms with Crippen molar-refractivity contribution in [2.45, 2.75) is 33.2 Å². The maximum Gasteiger partial charge on any atom is 0.236 e. The van der Waals surface area contributed by atoms with Crippen molar-refractivity contribution in [3.63, 3.8) is 0 Å². The molecule has 0 bridgehead atoms. The zero-order chi connectivity index (χ0) is 11.7. The second-order valence-electron chi connectivity index (χ2n) is 3.74. The van der Waals surface area contributed by atoms with Gasteiger partial charge < -0.3 is 15.5 Å². The average molecular weight is 215 g/mol. The Labute approximate surface area is 93.4 Å². The van der Waals surface area contributed by atoms with E-state index in [1.54, 1.807) is 7.05 Å². The second kappa shape index (κ2) is 8.68. The van der Waals surface area contributed by atoms with Crippen LogP contribution in [0, 0.1) is 0 Å². The second-order valence-corrected chi connectivity index (χ2v) is 3.74. The number of nitrogens with zero attached hydrogens (tertiary/aromatic N) is 1. The zero-order valence-electron chi connectivity index (χ0n) is 10.5. The predicted molar refractivity (Wildman–Crippen MR) is 63.9 cm³/mol. The average Bonchev–Trinajstić information content (AvgIpc) is 2.26. The fraction of sp³-hybridized carbons (Fsp3) is 0.909. The molecule has 1 atom stereocenters. The first kappa shape index (κ1) is 14.4. The molecule has 0 aromatic carbocycles. The fourth-order valence-corrected chi connectivity index (χ4v) is 1.37. The minimum atomic E-state index is -0.105. The highest BCUT2D eigenvalue weighted by atomic mass is 16.2. The van der Waals surface area contributed by atoms with Crippen molar-refractivity contribution >= 4 is 5.91 Å². The van der Waals surface area contributed by atoms with Crippen LogP contribution >= 0.6 is 0 Å². The van der Waals surface area contributed by atoms with Crippen molar-refractivity contribution in [2.24, 2.45) is 0 Å². The summed E-state index contributed by atoms with van der Waals surface area (Å²) in [7, 11) is 1.79. The lowest BCUT2D eigenvalue weighted by Gasteiger charge is -2.20. The summed E-state index contributed by atoms with van der Waals surface area (Å²) >= 11 is 0. The van der Waals surface area contributed by atoms with E-state index in [-0.39, 0.29) is 11.9 Å². The van der Waals surface area contributed by atoms with E-state index in [4.69, 9.17) is 0 Å². The number of carbonyl (C=O) groups is 1. The van der Waals surface area contributed by atoms with Crippen LogP contribution < -0.4 is 10.6 Å². The molecule has 4 heteroatoms. The van der Waals surface area contributed by atoms with Gasteiger partial charge in [-0.05, 0) is 33.5 Å². The summed E-state index contributed by atoms with van der Waals surface area (Å²) < 4.78 is 0. The Hall–Kier alpha value is -0.610. The highest BCUT2D eigenvalue weighted by molar-refractivity contribution is 5.81. The lowest BCUT2D eigenvalue weighted by Crippen LogP contribution is -2.43. The summed E-state index contributed by atoms with van der Waals surface area (Å²) in [5.74, 6) is 0.0741. The molecular weight excluding hydrogens is 190 g/mol. The highest BCUT2D eigenvalue weighted by Crippen LogP contribution is 1.89. The first-order valence-electron chi connectivity index (χ1n) is 5.83. The van der Waals surface area contributed by atoms with Gasteiger partial charge in [0, 0.05) is 13.1 Å². The van der Waals surface area contributed by atoms with Gasteiger partial charge in [-0.2, -0.15) is 0 Å². The predicted octanol–water partition coefficient (Wildman–Crippen LogP) is 0.442. The molecular formula is C11H25N3O. The highest BCUT2D eigenvalue weighted by Gasteiger charge is 2.09. The molecule has 1 unspecified atom stereocenters. The Morgan fingerprint density at radius 1 is 1.33 bits per heavy atom. The molecule has 0 heterocycles. The third kappa shape index (κ3) is 6.47. The molecule has 0 saturated heterocycles. The number of hydrogen-bond donors (Lipinski definition) is 2. The summed E-state index contributed by atoms with van der Waals surface area (Å²) in [5, 5.41) is 5.83.